The summed E-state index contributed by atoms with van der Waals surface area (Å²) in [6.45, 7) is 8.31. The first kappa shape index (κ1) is 21.6. The number of hydrogen-bond acceptors (Lipinski definition) is 4. The molecule has 30 heavy (non-hydrogen) atoms. The number of nitrogens with zero attached hydrogens (tertiary/aromatic N) is 1. The fourth-order valence-electron chi connectivity index (χ4n) is 3.50. The van der Waals surface area contributed by atoms with Gasteiger partial charge in [0.15, 0.2) is 6.10 Å². The van der Waals surface area contributed by atoms with Crippen molar-refractivity contribution in [2.24, 2.45) is 0 Å². The summed E-state index contributed by atoms with van der Waals surface area (Å²) in [7, 11) is 0. The van der Waals surface area contributed by atoms with Crippen LogP contribution >= 0.6 is 0 Å². The maximum atomic E-state index is 12.2. The smallest absolute Gasteiger partial charge is 0.279 e. The molecule has 3 rings (SSSR count). The number of benzene rings is 2. The molecule has 1 atom stereocenters. The molecule has 0 bridgehead atoms. The Hall–Kier alpha value is -3.06. The molecular formula is C23H31N4O3+. The van der Waals surface area contributed by atoms with E-state index < -0.39 is 6.10 Å². The SMILES string of the molecule is Cc1cccc(O[C@H](C)C(=O)NNC(=O)CC[NH+]2CCN(c3ccccc3)CC2)c1. The molecule has 0 aromatic heterocycles. The van der Waals surface area contributed by atoms with Gasteiger partial charge in [0, 0.05) is 5.69 Å². The Morgan fingerprint density at radius 3 is 2.50 bits per heavy atom. The Bertz CT molecular complexity index is 835. The lowest BCUT2D eigenvalue weighted by molar-refractivity contribution is -0.900. The van der Waals surface area contributed by atoms with Crippen LogP contribution in [0.15, 0.2) is 54.6 Å². The number of para-hydroxylation sites is 1. The molecule has 1 fully saturated rings. The molecule has 1 heterocycles. The number of amides is 2. The van der Waals surface area contributed by atoms with E-state index in [0.29, 0.717) is 12.2 Å². The van der Waals surface area contributed by atoms with Crippen molar-refractivity contribution >= 4 is 17.5 Å². The summed E-state index contributed by atoms with van der Waals surface area (Å²) in [5, 5.41) is 0. The van der Waals surface area contributed by atoms with Gasteiger partial charge in [-0.15, -0.1) is 0 Å². The summed E-state index contributed by atoms with van der Waals surface area (Å²) < 4.78 is 5.62. The highest BCUT2D eigenvalue weighted by molar-refractivity contribution is 5.84. The third kappa shape index (κ3) is 6.49. The highest BCUT2D eigenvalue weighted by Crippen LogP contribution is 2.14. The van der Waals surface area contributed by atoms with Gasteiger partial charge in [0.2, 0.25) is 5.91 Å². The van der Waals surface area contributed by atoms with Crippen LogP contribution in [0.3, 0.4) is 0 Å². The zero-order chi connectivity index (χ0) is 21.3. The third-order valence-electron chi connectivity index (χ3n) is 5.29. The Balaban J connectivity index is 1.32. The first-order valence-corrected chi connectivity index (χ1v) is 10.5. The van der Waals surface area contributed by atoms with E-state index in [1.54, 1.807) is 13.0 Å². The predicted octanol–water partition coefficient (Wildman–Crippen LogP) is 0.705. The van der Waals surface area contributed by atoms with Crippen LogP contribution in [0, 0.1) is 6.92 Å². The van der Waals surface area contributed by atoms with Gasteiger partial charge in [-0.1, -0.05) is 30.3 Å². The number of nitrogens with one attached hydrogen (secondary N) is 3. The maximum Gasteiger partial charge on any atom is 0.279 e. The molecule has 2 aromatic rings. The van der Waals surface area contributed by atoms with Crippen LogP contribution in [-0.4, -0.2) is 50.6 Å². The predicted molar refractivity (Wildman–Crippen MR) is 116 cm³/mol. The van der Waals surface area contributed by atoms with Crippen LogP contribution < -0.4 is 25.4 Å². The molecule has 0 radical (unpaired) electrons. The molecule has 0 aliphatic carbocycles. The van der Waals surface area contributed by atoms with Crippen molar-refractivity contribution in [3.8, 4) is 5.75 Å². The van der Waals surface area contributed by atoms with Gasteiger partial charge in [-0.25, -0.2) is 0 Å². The normalized spacial score (nSPS) is 15.3. The largest absolute Gasteiger partial charge is 0.481 e. The van der Waals surface area contributed by atoms with Crippen LogP contribution in [0.25, 0.3) is 0 Å². The van der Waals surface area contributed by atoms with Gasteiger partial charge >= 0.3 is 0 Å². The van der Waals surface area contributed by atoms with E-state index in [9.17, 15) is 9.59 Å². The number of aryl methyl sites for hydroxylation is 1. The highest BCUT2D eigenvalue weighted by Gasteiger charge is 2.21. The van der Waals surface area contributed by atoms with Gasteiger partial charge in [0.25, 0.3) is 5.91 Å². The number of rotatable bonds is 7. The molecule has 1 saturated heterocycles. The van der Waals surface area contributed by atoms with E-state index in [4.69, 9.17) is 4.74 Å². The molecule has 2 aromatic carbocycles. The number of carbonyl (C=O) groups excluding carboxylic acids is 2. The molecule has 3 N–H and O–H groups in total. The molecule has 1 aliphatic rings. The van der Waals surface area contributed by atoms with E-state index >= 15 is 0 Å². The Morgan fingerprint density at radius 1 is 1.07 bits per heavy atom. The van der Waals surface area contributed by atoms with Gasteiger partial charge in [-0.3, -0.25) is 20.4 Å². The monoisotopic (exact) mass is 411 g/mol. The summed E-state index contributed by atoms with van der Waals surface area (Å²) in [4.78, 5) is 28.0. The lowest BCUT2D eigenvalue weighted by Gasteiger charge is -2.33. The summed E-state index contributed by atoms with van der Waals surface area (Å²) in [6, 6.07) is 17.9. The molecule has 2 amide bonds. The van der Waals surface area contributed by atoms with Gasteiger partial charge in [0.05, 0.1) is 39.1 Å². The summed E-state index contributed by atoms with van der Waals surface area (Å²) in [5.74, 6) is 0.0556. The number of carbonyl (C=O) groups is 2. The van der Waals surface area contributed by atoms with Crippen molar-refractivity contribution in [1.82, 2.24) is 10.9 Å². The molecule has 0 spiro atoms. The number of piperazine rings is 1. The Kier molecular flexibility index (Phi) is 7.68. The Labute approximate surface area is 178 Å². The standard InChI is InChI=1S/C23H30N4O3/c1-18-7-6-10-21(17-18)30-19(2)23(29)25-24-22(28)11-12-26-13-15-27(16-14-26)20-8-4-3-5-9-20/h3-10,17,19H,11-16H2,1-2H3,(H,24,28)(H,25,29)/p+1/t19-/m1/s1. The van der Waals surface area contributed by atoms with Crippen LogP contribution in [0.4, 0.5) is 5.69 Å². The minimum atomic E-state index is -0.705. The zero-order valence-electron chi connectivity index (χ0n) is 17.7. The Morgan fingerprint density at radius 2 is 1.80 bits per heavy atom. The molecule has 0 unspecified atom stereocenters. The van der Waals surface area contributed by atoms with Crippen molar-refractivity contribution in [3.05, 3.63) is 60.2 Å². The van der Waals surface area contributed by atoms with Gasteiger partial charge in [0.1, 0.15) is 5.75 Å². The fourth-order valence-corrected chi connectivity index (χ4v) is 3.50. The van der Waals surface area contributed by atoms with E-state index in [1.165, 1.54) is 10.6 Å². The van der Waals surface area contributed by atoms with Crippen molar-refractivity contribution in [3.63, 3.8) is 0 Å². The number of anilines is 1. The quantitative estimate of drug-likeness (QED) is 0.587. The molecule has 1 aliphatic heterocycles. The first-order chi connectivity index (χ1) is 14.5. The van der Waals surface area contributed by atoms with E-state index in [0.717, 1.165) is 38.3 Å². The second-order valence-corrected chi connectivity index (χ2v) is 7.69. The van der Waals surface area contributed by atoms with Crippen molar-refractivity contribution in [2.75, 3.05) is 37.6 Å². The molecule has 0 saturated carbocycles. The van der Waals surface area contributed by atoms with Gasteiger partial charge < -0.3 is 14.5 Å². The van der Waals surface area contributed by atoms with Crippen LogP contribution in [0.1, 0.15) is 18.9 Å². The number of quaternary nitrogens is 1. The maximum absolute atomic E-state index is 12.2. The molecule has 7 nitrogen and oxygen atoms in total. The number of hydrazine groups is 1. The van der Waals surface area contributed by atoms with Crippen molar-refractivity contribution < 1.29 is 19.2 Å². The van der Waals surface area contributed by atoms with Gasteiger partial charge in [-0.2, -0.15) is 0 Å². The molecule has 160 valence electrons. The minimum absolute atomic E-state index is 0.191. The lowest BCUT2D eigenvalue weighted by atomic mass is 10.2. The number of hydrogen-bond donors (Lipinski definition) is 3. The fraction of sp³-hybridized carbons (Fsp3) is 0.391. The average molecular weight is 412 g/mol. The topological polar surface area (TPSA) is 75.1 Å². The second-order valence-electron chi connectivity index (χ2n) is 7.69. The van der Waals surface area contributed by atoms with Crippen LogP contribution in [0.5, 0.6) is 5.75 Å². The zero-order valence-corrected chi connectivity index (χ0v) is 17.7. The van der Waals surface area contributed by atoms with Gasteiger partial charge in [-0.05, 0) is 43.7 Å². The average Bonchev–Trinajstić information content (AvgIpc) is 2.77. The third-order valence-corrected chi connectivity index (χ3v) is 5.29. The van der Waals surface area contributed by atoms with E-state index in [-0.39, 0.29) is 11.8 Å². The summed E-state index contributed by atoms with van der Waals surface area (Å²) in [6.07, 6.45) is -0.336. The minimum Gasteiger partial charge on any atom is -0.481 e. The summed E-state index contributed by atoms with van der Waals surface area (Å²) in [5.41, 5.74) is 7.25. The van der Waals surface area contributed by atoms with E-state index in [1.807, 2.05) is 31.2 Å². The molecular weight excluding hydrogens is 380 g/mol. The van der Waals surface area contributed by atoms with Crippen LogP contribution in [-0.2, 0) is 9.59 Å². The first-order valence-electron chi connectivity index (χ1n) is 10.5. The summed E-state index contributed by atoms with van der Waals surface area (Å²) >= 11 is 0. The van der Waals surface area contributed by atoms with E-state index in [2.05, 4.69) is 40.0 Å². The second kappa shape index (κ2) is 10.6. The highest BCUT2D eigenvalue weighted by atomic mass is 16.5. The lowest BCUT2D eigenvalue weighted by Crippen LogP contribution is -3.15. The van der Waals surface area contributed by atoms with Crippen molar-refractivity contribution in [2.45, 2.75) is 26.4 Å². The van der Waals surface area contributed by atoms with Crippen molar-refractivity contribution in [1.29, 1.82) is 0 Å². The molecule has 7 heteroatoms. The van der Waals surface area contributed by atoms with Crippen LogP contribution in [0.2, 0.25) is 0 Å². The number of ether oxygens (including phenoxy) is 1.